The highest BCUT2D eigenvalue weighted by molar-refractivity contribution is 14.0. The van der Waals surface area contributed by atoms with E-state index in [4.69, 9.17) is 14.2 Å². The lowest BCUT2D eigenvalue weighted by Crippen LogP contribution is -2.38. The first-order valence-electron chi connectivity index (χ1n) is 9.47. The Kier molecular flexibility index (Phi) is 12.8. The fraction of sp³-hybridized carbons (Fsp3) is 0.429. The molecule has 1 heterocycles. The van der Waals surface area contributed by atoms with Gasteiger partial charge in [-0.2, -0.15) is 0 Å². The maximum Gasteiger partial charge on any atom is 0.218 e. The molecule has 0 aliphatic rings. The second kappa shape index (κ2) is 14.9. The van der Waals surface area contributed by atoms with Crippen LogP contribution >= 0.6 is 24.0 Å². The van der Waals surface area contributed by atoms with E-state index in [2.05, 4.69) is 20.6 Å². The fourth-order valence-corrected chi connectivity index (χ4v) is 2.52. The van der Waals surface area contributed by atoms with Crippen molar-refractivity contribution in [2.45, 2.75) is 26.4 Å². The Hall–Kier alpha value is -2.07. The van der Waals surface area contributed by atoms with E-state index in [9.17, 15) is 0 Å². The predicted octanol–water partition coefficient (Wildman–Crippen LogP) is 3.38. The van der Waals surface area contributed by atoms with Gasteiger partial charge in [0.15, 0.2) is 5.96 Å². The highest BCUT2D eigenvalue weighted by Crippen LogP contribution is 2.13. The minimum Gasteiger partial charge on any atom is -0.497 e. The first kappa shape index (κ1) is 25.0. The van der Waals surface area contributed by atoms with Crippen molar-refractivity contribution in [1.82, 2.24) is 15.6 Å². The Morgan fingerprint density at radius 1 is 1.07 bits per heavy atom. The third-order valence-corrected chi connectivity index (χ3v) is 4.03. The Labute approximate surface area is 190 Å². The van der Waals surface area contributed by atoms with Gasteiger partial charge in [0, 0.05) is 38.1 Å². The van der Waals surface area contributed by atoms with Crippen LogP contribution < -0.4 is 20.1 Å². The van der Waals surface area contributed by atoms with Crippen molar-refractivity contribution >= 4 is 29.9 Å². The molecule has 1 aromatic heterocycles. The van der Waals surface area contributed by atoms with Gasteiger partial charge >= 0.3 is 0 Å². The second-order valence-electron chi connectivity index (χ2n) is 6.02. The SMILES string of the molecule is CCOCCCNC(=NCc1ccc(OC)cc1)NCc1cccnc1OC.I. The Morgan fingerprint density at radius 3 is 2.55 bits per heavy atom. The van der Waals surface area contributed by atoms with Crippen LogP contribution in [0.3, 0.4) is 0 Å². The molecule has 29 heavy (non-hydrogen) atoms. The molecule has 0 bridgehead atoms. The second-order valence-corrected chi connectivity index (χ2v) is 6.02. The van der Waals surface area contributed by atoms with Crippen LogP contribution in [0.4, 0.5) is 0 Å². The first-order chi connectivity index (χ1) is 13.8. The van der Waals surface area contributed by atoms with Crippen LogP contribution in [0.1, 0.15) is 24.5 Å². The molecule has 2 rings (SSSR count). The van der Waals surface area contributed by atoms with Gasteiger partial charge in [0.1, 0.15) is 5.75 Å². The van der Waals surface area contributed by atoms with E-state index >= 15 is 0 Å². The summed E-state index contributed by atoms with van der Waals surface area (Å²) in [5, 5.41) is 6.70. The van der Waals surface area contributed by atoms with Crippen molar-refractivity contribution in [3.8, 4) is 11.6 Å². The molecule has 0 amide bonds. The number of pyridine rings is 1. The van der Waals surface area contributed by atoms with E-state index in [1.165, 1.54) is 0 Å². The van der Waals surface area contributed by atoms with Crippen LogP contribution in [0.2, 0.25) is 0 Å². The number of ether oxygens (including phenoxy) is 3. The average Bonchev–Trinajstić information content (AvgIpc) is 2.75. The van der Waals surface area contributed by atoms with Crippen molar-refractivity contribution in [3.63, 3.8) is 0 Å². The average molecular weight is 514 g/mol. The van der Waals surface area contributed by atoms with Crippen LogP contribution in [0.25, 0.3) is 0 Å². The monoisotopic (exact) mass is 514 g/mol. The molecule has 0 fully saturated rings. The lowest BCUT2D eigenvalue weighted by Gasteiger charge is -2.14. The molecule has 1 aromatic carbocycles. The molecule has 160 valence electrons. The molecule has 0 saturated heterocycles. The minimum absolute atomic E-state index is 0. The minimum atomic E-state index is 0. The normalized spacial score (nSPS) is 10.8. The zero-order chi connectivity index (χ0) is 20.0. The molecule has 0 saturated carbocycles. The summed E-state index contributed by atoms with van der Waals surface area (Å²) in [6, 6.07) is 11.8. The van der Waals surface area contributed by atoms with Gasteiger partial charge < -0.3 is 24.8 Å². The number of hydrogen-bond acceptors (Lipinski definition) is 5. The zero-order valence-corrected chi connectivity index (χ0v) is 19.6. The lowest BCUT2D eigenvalue weighted by molar-refractivity contribution is 0.145. The number of nitrogens with one attached hydrogen (secondary N) is 2. The number of rotatable bonds is 11. The zero-order valence-electron chi connectivity index (χ0n) is 17.3. The van der Waals surface area contributed by atoms with Crippen molar-refractivity contribution in [2.24, 2.45) is 4.99 Å². The fourth-order valence-electron chi connectivity index (χ4n) is 2.52. The molecule has 0 aliphatic heterocycles. The van der Waals surface area contributed by atoms with Gasteiger partial charge in [0.2, 0.25) is 5.88 Å². The quantitative estimate of drug-likeness (QED) is 0.207. The number of hydrogen-bond donors (Lipinski definition) is 2. The smallest absolute Gasteiger partial charge is 0.218 e. The van der Waals surface area contributed by atoms with E-state index in [0.717, 1.165) is 49.0 Å². The van der Waals surface area contributed by atoms with Gasteiger partial charge in [-0.05, 0) is 37.1 Å². The number of guanidine groups is 1. The third-order valence-electron chi connectivity index (χ3n) is 4.03. The molecule has 0 atom stereocenters. The van der Waals surface area contributed by atoms with E-state index in [0.29, 0.717) is 19.0 Å². The van der Waals surface area contributed by atoms with Crippen molar-refractivity contribution in [2.75, 3.05) is 34.0 Å². The molecule has 0 unspecified atom stereocenters. The number of benzene rings is 1. The van der Waals surface area contributed by atoms with Crippen LogP contribution in [0.5, 0.6) is 11.6 Å². The molecule has 0 spiro atoms. The number of halogens is 1. The van der Waals surface area contributed by atoms with E-state index < -0.39 is 0 Å². The molecule has 0 aliphatic carbocycles. The number of methoxy groups -OCH3 is 2. The summed E-state index contributed by atoms with van der Waals surface area (Å²) in [5.74, 6) is 2.18. The Balaban J connectivity index is 0.00000420. The molecule has 2 aromatic rings. The summed E-state index contributed by atoms with van der Waals surface area (Å²) in [4.78, 5) is 8.92. The van der Waals surface area contributed by atoms with Gasteiger partial charge in [0.05, 0.1) is 20.8 Å². The largest absolute Gasteiger partial charge is 0.497 e. The van der Waals surface area contributed by atoms with Crippen molar-refractivity contribution < 1.29 is 14.2 Å². The van der Waals surface area contributed by atoms with Crippen LogP contribution in [-0.2, 0) is 17.8 Å². The number of nitrogens with zero attached hydrogens (tertiary/aromatic N) is 2. The molecule has 0 radical (unpaired) electrons. The summed E-state index contributed by atoms with van der Waals surface area (Å²) in [5.41, 5.74) is 2.08. The third kappa shape index (κ3) is 9.31. The van der Waals surface area contributed by atoms with E-state index in [1.807, 2.05) is 43.3 Å². The summed E-state index contributed by atoms with van der Waals surface area (Å²) < 4.78 is 15.9. The molecular formula is C21H31IN4O3. The molecular weight excluding hydrogens is 483 g/mol. The Morgan fingerprint density at radius 2 is 1.86 bits per heavy atom. The van der Waals surface area contributed by atoms with Gasteiger partial charge in [0.25, 0.3) is 0 Å². The van der Waals surface area contributed by atoms with Gasteiger partial charge in [-0.1, -0.05) is 18.2 Å². The van der Waals surface area contributed by atoms with Crippen LogP contribution in [-0.4, -0.2) is 44.9 Å². The summed E-state index contributed by atoms with van der Waals surface area (Å²) >= 11 is 0. The van der Waals surface area contributed by atoms with Gasteiger partial charge in [-0.3, -0.25) is 0 Å². The standard InChI is InChI=1S/C21H30N4O3.HI/c1-4-28-14-6-13-23-21(24-15-17-8-10-19(26-2)11-9-17)25-16-18-7-5-12-22-20(18)27-3;/h5,7-12H,4,6,13-16H2,1-3H3,(H2,23,24,25);1H. The van der Waals surface area contributed by atoms with E-state index in [-0.39, 0.29) is 24.0 Å². The topological polar surface area (TPSA) is 77.0 Å². The molecule has 2 N–H and O–H groups in total. The number of aromatic nitrogens is 1. The number of aliphatic imine (C=N–C) groups is 1. The summed E-state index contributed by atoms with van der Waals surface area (Å²) in [6.07, 6.45) is 2.63. The lowest BCUT2D eigenvalue weighted by atomic mass is 10.2. The maximum absolute atomic E-state index is 5.39. The predicted molar refractivity (Wildman–Crippen MR) is 126 cm³/mol. The highest BCUT2D eigenvalue weighted by atomic mass is 127. The van der Waals surface area contributed by atoms with Gasteiger partial charge in [-0.15, -0.1) is 24.0 Å². The highest BCUT2D eigenvalue weighted by Gasteiger charge is 2.05. The van der Waals surface area contributed by atoms with Crippen molar-refractivity contribution in [1.29, 1.82) is 0 Å². The maximum atomic E-state index is 5.39. The van der Waals surface area contributed by atoms with Gasteiger partial charge in [-0.25, -0.2) is 9.98 Å². The molecule has 8 heteroatoms. The Bertz CT molecular complexity index is 726. The first-order valence-corrected chi connectivity index (χ1v) is 9.47. The van der Waals surface area contributed by atoms with Crippen LogP contribution in [0, 0.1) is 0 Å². The summed E-state index contributed by atoms with van der Waals surface area (Å²) in [7, 11) is 3.28. The summed E-state index contributed by atoms with van der Waals surface area (Å²) in [6.45, 7) is 5.37. The van der Waals surface area contributed by atoms with Crippen molar-refractivity contribution in [3.05, 3.63) is 53.7 Å². The molecule has 7 nitrogen and oxygen atoms in total. The van der Waals surface area contributed by atoms with Crippen LogP contribution in [0.15, 0.2) is 47.6 Å². The van der Waals surface area contributed by atoms with E-state index in [1.54, 1.807) is 20.4 Å².